The number of amides is 2. The van der Waals surface area contributed by atoms with Crippen molar-refractivity contribution in [1.82, 2.24) is 15.3 Å². The predicted molar refractivity (Wildman–Crippen MR) is 104 cm³/mol. The average Bonchev–Trinajstić information content (AvgIpc) is 2.59. The van der Waals surface area contributed by atoms with Gasteiger partial charge in [-0.15, -0.1) is 0 Å². The summed E-state index contributed by atoms with van der Waals surface area (Å²) in [5.41, 5.74) is 0.710. The topological polar surface area (TPSA) is 93.2 Å². The molecule has 27 heavy (non-hydrogen) atoms. The Kier molecular flexibility index (Phi) is 6.50. The van der Waals surface area contributed by atoms with Crippen LogP contribution in [0.25, 0.3) is 11.4 Å². The lowest BCUT2D eigenvalue weighted by atomic mass is 10.0. The molecule has 0 aliphatic heterocycles. The molecule has 0 aliphatic carbocycles. The largest absolute Gasteiger partial charge is 0.444 e. The van der Waals surface area contributed by atoms with Gasteiger partial charge in [0.2, 0.25) is 5.91 Å². The summed E-state index contributed by atoms with van der Waals surface area (Å²) in [6, 6.07) is 8.81. The van der Waals surface area contributed by atoms with Crippen molar-refractivity contribution in [3.05, 3.63) is 42.7 Å². The second kappa shape index (κ2) is 8.62. The molecule has 2 amide bonds. The van der Waals surface area contributed by atoms with E-state index in [1.54, 1.807) is 20.8 Å². The second-order valence-electron chi connectivity index (χ2n) is 7.52. The number of nitrogens with zero attached hydrogens (tertiary/aromatic N) is 2. The maximum absolute atomic E-state index is 12.6. The smallest absolute Gasteiger partial charge is 0.408 e. The van der Waals surface area contributed by atoms with Crippen LogP contribution in [0.1, 0.15) is 34.6 Å². The van der Waals surface area contributed by atoms with Gasteiger partial charge in [0.1, 0.15) is 11.6 Å². The van der Waals surface area contributed by atoms with E-state index in [1.165, 1.54) is 12.4 Å². The number of nitrogens with one attached hydrogen (secondary N) is 2. The summed E-state index contributed by atoms with van der Waals surface area (Å²) in [6.07, 6.45) is 2.45. The van der Waals surface area contributed by atoms with Crippen molar-refractivity contribution in [1.29, 1.82) is 0 Å². The molecule has 7 nitrogen and oxygen atoms in total. The Balaban J connectivity index is 2.03. The van der Waals surface area contributed by atoms with Crippen LogP contribution in [0.5, 0.6) is 0 Å². The Morgan fingerprint density at radius 3 is 2.15 bits per heavy atom. The Morgan fingerprint density at radius 1 is 1.04 bits per heavy atom. The molecule has 0 spiro atoms. The maximum atomic E-state index is 12.6. The second-order valence-corrected chi connectivity index (χ2v) is 7.52. The Hall–Kier alpha value is -2.96. The van der Waals surface area contributed by atoms with Gasteiger partial charge in [-0.05, 0) is 26.7 Å². The number of carbonyl (C=O) groups excluding carboxylic acids is 2. The lowest BCUT2D eigenvalue weighted by Gasteiger charge is -2.25. The van der Waals surface area contributed by atoms with Crippen molar-refractivity contribution >= 4 is 17.7 Å². The fraction of sp³-hybridized carbons (Fsp3) is 0.400. The van der Waals surface area contributed by atoms with Crippen LogP contribution in [0.3, 0.4) is 0 Å². The lowest BCUT2D eigenvalue weighted by Crippen LogP contribution is -2.48. The highest BCUT2D eigenvalue weighted by Crippen LogP contribution is 2.15. The third-order valence-electron chi connectivity index (χ3n) is 3.57. The molecule has 0 radical (unpaired) electrons. The Morgan fingerprint density at radius 2 is 1.63 bits per heavy atom. The minimum Gasteiger partial charge on any atom is -0.444 e. The Bertz CT molecular complexity index is 768. The number of alkyl carbamates (subject to hydrolysis) is 1. The first-order valence-corrected chi connectivity index (χ1v) is 8.83. The third kappa shape index (κ3) is 6.36. The molecule has 1 heterocycles. The zero-order valence-corrected chi connectivity index (χ0v) is 16.3. The van der Waals surface area contributed by atoms with E-state index in [4.69, 9.17) is 4.74 Å². The number of carbonyl (C=O) groups is 2. The Labute approximate surface area is 159 Å². The molecule has 1 atom stereocenters. The van der Waals surface area contributed by atoms with Gasteiger partial charge in [0.25, 0.3) is 0 Å². The summed E-state index contributed by atoms with van der Waals surface area (Å²) in [5.74, 6) is 0.0924. The van der Waals surface area contributed by atoms with Gasteiger partial charge in [-0.2, -0.15) is 0 Å². The molecule has 0 fully saturated rings. The van der Waals surface area contributed by atoms with Gasteiger partial charge in [-0.25, -0.2) is 14.8 Å². The molecule has 1 aromatic carbocycles. The normalized spacial score (nSPS) is 12.4. The van der Waals surface area contributed by atoms with Crippen LogP contribution in [0, 0.1) is 5.92 Å². The average molecular weight is 370 g/mol. The monoisotopic (exact) mass is 370 g/mol. The minimum atomic E-state index is -0.742. The maximum Gasteiger partial charge on any atom is 0.408 e. The van der Waals surface area contributed by atoms with Gasteiger partial charge in [0.05, 0.1) is 18.1 Å². The van der Waals surface area contributed by atoms with E-state index in [0.29, 0.717) is 11.5 Å². The fourth-order valence-electron chi connectivity index (χ4n) is 2.32. The van der Waals surface area contributed by atoms with E-state index in [9.17, 15) is 9.59 Å². The molecule has 2 N–H and O–H groups in total. The van der Waals surface area contributed by atoms with E-state index in [-0.39, 0.29) is 11.8 Å². The molecular formula is C20H26N4O3. The number of ether oxygens (including phenoxy) is 1. The quantitative estimate of drug-likeness (QED) is 0.838. The molecule has 1 unspecified atom stereocenters. The molecule has 7 heteroatoms. The highest BCUT2D eigenvalue weighted by atomic mass is 16.6. The first-order chi connectivity index (χ1) is 12.7. The van der Waals surface area contributed by atoms with Crippen LogP contribution >= 0.6 is 0 Å². The molecule has 0 saturated heterocycles. The van der Waals surface area contributed by atoms with Crippen molar-refractivity contribution < 1.29 is 14.3 Å². The van der Waals surface area contributed by atoms with E-state index in [0.717, 1.165) is 5.56 Å². The van der Waals surface area contributed by atoms with Crippen molar-refractivity contribution in [2.75, 3.05) is 5.32 Å². The molecule has 144 valence electrons. The van der Waals surface area contributed by atoms with E-state index < -0.39 is 17.7 Å². The third-order valence-corrected chi connectivity index (χ3v) is 3.57. The molecule has 0 bridgehead atoms. The molecule has 2 rings (SSSR count). The zero-order chi connectivity index (χ0) is 20.0. The SMILES string of the molecule is CC(C)C(NC(=O)OC(C)(C)C)C(=O)Nc1cnc(-c2ccccc2)nc1. The summed E-state index contributed by atoms with van der Waals surface area (Å²) >= 11 is 0. The van der Waals surface area contributed by atoms with Gasteiger partial charge < -0.3 is 15.4 Å². The van der Waals surface area contributed by atoms with Crippen molar-refractivity contribution in [2.24, 2.45) is 5.92 Å². The van der Waals surface area contributed by atoms with Gasteiger partial charge in [0.15, 0.2) is 5.82 Å². The van der Waals surface area contributed by atoms with Gasteiger partial charge in [-0.1, -0.05) is 44.2 Å². The molecule has 2 aromatic rings. The van der Waals surface area contributed by atoms with Crippen molar-refractivity contribution in [3.8, 4) is 11.4 Å². The molecule has 0 aliphatic rings. The van der Waals surface area contributed by atoms with Gasteiger partial charge >= 0.3 is 6.09 Å². The number of benzene rings is 1. The van der Waals surface area contributed by atoms with E-state index >= 15 is 0 Å². The van der Waals surface area contributed by atoms with Crippen LogP contribution in [-0.2, 0) is 9.53 Å². The standard InChI is InChI=1S/C20H26N4O3/c1-13(2)16(24-19(26)27-20(3,4)5)18(25)23-15-11-21-17(22-12-15)14-9-7-6-8-10-14/h6-13,16H,1-5H3,(H,23,25)(H,24,26). The number of anilines is 1. The highest BCUT2D eigenvalue weighted by Gasteiger charge is 2.27. The zero-order valence-electron chi connectivity index (χ0n) is 16.3. The number of hydrogen-bond donors (Lipinski definition) is 2. The van der Waals surface area contributed by atoms with E-state index in [2.05, 4.69) is 20.6 Å². The number of hydrogen-bond acceptors (Lipinski definition) is 5. The predicted octanol–water partition coefficient (Wildman–Crippen LogP) is 3.63. The van der Waals surface area contributed by atoms with Crippen LogP contribution < -0.4 is 10.6 Å². The first kappa shape index (κ1) is 20.4. The fourth-order valence-corrected chi connectivity index (χ4v) is 2.32. The summed E-state index contributed by atoms with van der Waals surface area (Å²) in [6.45, 7) is 8.99. The van der Waals surface area contributed by atoms with Crippen molar-refractivity contribution in [3.63, 3.8) is 0 Å². The number of aromatic nitrogens is 2. The molecule has 0 saturated carbocycles. The highest BCUT2D eigenvalue weighted by molar-refractivity contribution is 5.96. The number of rotatable bonds is 5. The van der Waals surface area contributed by atoms with Crippen LogP contribution in [0.4, 0.5) is 10.5 Å². The van der Waals surface area contributed by atoms with Gasteiger partial charge in [0, 0.05) is 5.56 Å². The minimum absolute atomic E-state index is 0.123. The summed E-state index contributed by atoms with van der Waals surface area (Å²) in [5, 5.41) is 5.35. The van der Waals surface area contributed by atoms with Crippen LogP contribution in [0.15, 0.2) is 42.7 Å². The summed E-state index contributed by atoms with van der Waals surface area (Å²) in [7, 11) is 0. The molecular weight excluding hydrogens is 344 g/mol. The molecule has 1 aromatic heterocycles. The van der Waals surface area contributed by atoms with Gasteiger partial charge in [-0.3, -0.25) is 4.79 Å². The van der Waals surface area contributed by atoms with Crippen LogP contribution in [-0.4, -0.2) is 33.6 Å². The van der Waals surface area contributed by atoms with E-state index in [1.807, 2.05) is 44.2 Å². The first-order valence-electron chi connectivity index (χ1n) is 8.83. The summed E-state index contributed by atoms with van der Waals surface area (Å²) < 4.78 is 5.23. The van der Waals surface area contributed by atoms with Crippen molar-refractivity contribution in [2.45, 2.75) is 46.3 Å². The lowest BCUT2D eigenvalue weighted by molar-refractivity contribution is -0.119. The van der Waals surface area contributed by atoms with Crippen LogP contribution in [0.2, 0.25) is 0 Å². The summed E-state index contributed by atoms with van der Waals surface area (Å²) in [4.78, 5) is 33.1.